The molecule has 2 aromatic carbocycles. The Balaban J connectivity index is 1.42. The maximum Gasteiger partial charge on any atom is 0.303 e. The zero-order chi connectivity index (χ0) is 48.3. The summed E-state index contributed by atoms with van der Waals surface area (Å²) in [5.41, 5.74) is -0.0124. The minimum absolute atomic E-state index is 0.00184. The van der Waals surface area contributed by atoms with Gasteiger partial charge >= 0.3 is 11.9 Å². The largest absolute Gasteiger partial charge is 0.507 e. The Kier molecular flexibility index (Phi) is 16.3. The third kappa shape index (κ3) is 10.8. The van der Waals surface area contributed by atoms with Gasteiger partial charge in [-0.1, -0.05) is 11.6 Å². The number of ether oxygens (including phenoxy) is 9. The smallest absolute Gasteiger partial charge is 0.303 e. The summed E-state index contributed by atoms with van der Waals surface area (Å²) < 4.78 is 57.6. The molecule has 0 bridgehead atoms. The number of hydrogen-bond acceptors (Lipinski definition) is 22. The molecule has 3 fully saturated rings. The Morgan fingerprint density at radius 3 is 1.98 bits per heavy atom. The molecule has 0 amide bonds. The molecular weight excluding hydrogens is 880 g/mol. The quantitative estimate of drug-likeness (QED) is 0.0671. The lowest BCUT2D eigenvalue weighted by molar-refractivity contribution is -0.316. The van der Waals surface area contributed by atoms with Crippen molar-refractivity contribution in [3.05, 3.63) is 57.8 Å². The average Bonchev–Trinajstić information content (AvgIpc) is 3.27. The number of carbonyl (C=O) groups excluding carboxylic acids is 2. The van der Waals surface area contributed by atoms with Crippen LogP contribution in [0.15, 0.2) is 51.2 Å². The second-order valence-electron chi connectivity index (χ2n) is 16.4. The summed E-state index contributed by atoms with van der Waals surface area (Å²) in [6.07, 6.45) is -20.9. The van der Waals surface area contributed by atoms with E-state index in [0.717, 1.165) is 25.5 Å². The molecule has 4 heterocycles. The van der Waals surface area contributed by atoms with Crippen LogP contribution in [0.5, 0.6) is 23.0 Å². The van der Waals surface area contributed by atoms with E-state index in [2.05, 4.69) is 0 Å². The first-order chi connectivity index (χ1) is 31.2. The number of benzene rings is 2. The van der Waals surface area contributed by atoms with Crippen LogP contribution in [0.4, 0.5) is 0 Å². The molecule has 1 aromatic heterocycles. The Bertz CT molecular complexity index is 2260. The summed E-state index contributed by atoms with van der Waals surface area (Å²) >= 11 is 0. The van der Waals surface area contributed by atoms with E-state index in [1.807, 2.05) is 0 Å². The number of phenolic OH excluding ortho intramolecular Hbond substituents is 1. The van der Waals surface area contributed by atoms with Crippen molar-refractivity contribution in [1.29, 1.82) is 0 Å². The van der Waals surface area contributed by atoms with Gasteiger partial charge in [-0.15, -0.1) is 0 Å². The Morgan fingerprint density at radius 1 is 0.758 bits per heavy atom. The molecule has 15 unspecified atom stereocenters. The molecule has 15 atom stereocenters. The van der Waals surface area contributed by atoms with Gasteiger partial charge < -0.3 is 93.0 Å². The number of aromatic hydroxyl groups is 1. The highest BCUT2D eigenvalue weighted by Crippen LogP contribution is 2.42. The molecule has 9 N–H and O–H groups in total. The maximum absolute atomic E-state index is 14.8. The third-order valence-corrected chi connectivity index (χ3v) is 11.4. The van der Waals surface area contributed by atoms with E-state index in [1.54, 1.807) is 32.1 Å². The second kappa shape index (κ2) is 21.3. The lowest BCUT2D eigenvalue weighted by atomic mass is 9.89. The van der Waals surface area contributed by atoms with Crippen molar-refractivity contribution < 1.29 is 103 Å². The highest BCUT2D eigenvalue weighted by Gasteiger charge is 2.50. The molecule has 364 valence electrons. The number of phenols is 1. The Morgan fingerprint density at radius 2 is 1.38 bits per heavy atom. The van der Waals surface area contributed by atoms with Crippen LogP contribution in [0.2, 0.25) is 0 Å². The molecule has 0 spiro atoms. The molecule has 22 nitrogen and oxygen atoms in total. The van der Waals surface area contributed by atoms with Gasteiger partial charge in [0.05, 0.1) is 32.3 Å². The fourth-order valence-corrected chi connectivity index (χ4v) is 7.79. The van der Waals surface area contributed by atoms with E-state index in [4.69, 9.17) is 47.0 Å². The van der Waals surface area contributed by atoms with Gasteiger partial charge in [-0.3, -0.25) is 14.4 Å². The summed E-state index contributed by atoms with van der Waals surface area (Å²) in [6, 6.07) is 7.23. The van der Waals surface area contributed by atoms with Crippen LogP contribution < -0.4 is 19.6 Å². The standard InChI is InChI=1S/C44H56O22/c1-17(2)7-12-23-26(62-44-37(56)34(53)31(50)27(14-45)63-44)13-25(48)29-33(52)41(39(65-40(23)29)21-8-10-22(57-6)11-9-21)66-43-30(49)24(38(18(3)60-43)61-20(5)47)15-59-42-36(55)35(54)32(51)28(64-42)16-58-19(4)46/h7-11,13,18,24,27-28,30-32,34-38,42-45,48-51,53-56H,12,14-16H2,1-6H3. The number of aliphatic hydroxyl groups is 8. The number of carbonyl (C=O) groups is 2. The molecule has 0 saturated carbocycles. The minimum Gasteiger partial charge on any atom is -0.507 e. The Labute approximate surface area is 377 Å². The minimum atomic E-state index is -1.84. The molecule has 3 saturated heterocycles. The van der Waals surface area contributed by atoms with E-state index in [-0.39, 0.29) is 34.6 Å². The van der Waals surface area contributed by atoms with Gasteiger partial charge in [0.2, 0.25) is 23.8 Å². The lowest BCUT2D eigenvalue weighted by Crippen LogP contribution is -2.61. The lowest BCUT2D eigenvalue weighted by Gasteiger charge is -2.44. The molecule has 3 aliphatic rings. The van der Waals surface area contributed by atoms with Crippen molar-refractivity contribution in [2.45, 2.75) is 127 Å². The summed E-state index contributed by atoms with van der Waals surface area (Å²) in [7, 11) is 1.44. The number of hydrogen-bond donors (Lipinski definition) is 9. The number of esters is 2. The van der Waals surface area contributed by atoms with Crippen LogP contribution in [0, 0.1) is 5.92 Å². The van der Waals surface area contributed by atoms with Gasteiger partial charge in [-0.25, -0.2) is 0 Å². The van der Waals surface area contributed by atoms with Crippen molar-refractivity contribution >= 4 is 22.9 Å². The van der Waals surface area contributed by atoms with E-state index in [0.29, 0.717) is 5.75 Å². The van der Waals surface area contributed by atoms with Gasteiger partial charge in [-0.05, 0) is 51.5 Å². The van der Waals surface area contributed by atoms with E-state index >= 15 is 0 Å². The van der Waals surface area contributed by atoms with Crippen LogP contribution in [0.1, 0.15) is 40.2 Å². The van der Waals surface area contributed by atoms with Crippen molar-refractivity contribution in [2.24, 2.45) is 5.92 Å². The average molecular weight is 937 g/mol. The van der Waals surface area contributed by atoms with Gasteiger partial charge in [0.25, 0.3) is 0 Å². The van der Waals surface area contributed by atoms with Crippen LogP contribution >= 0.6 is 0 Å². The molecule has 3 aliphatic heterocycles. The summed E-state index contributed by atoms with van der Waals surface area (Å²) in [6.45, 7) is 5.48. The molecular formula is C44H56O22. The van der Waals surface area contributed by atoms with Gasteiger partial charge in [0.1, 0.15) is 95.9 Å². The molecule has 22 heteroatoms. The van der Waals surface area contributed by atoms with Gasteiger partial charge in [0.15, 0.2) is 12.1 Å². The molecule has 6 rings (SSSR count). The molecule has 3 aromatic rings. The monoisotopic (exact) mass is 936 g/mol. The second-order valence-corrected chi connectivity index (χ2v) is 16.4. The van der Waals surface area contributed by atoms with E-state index < -0.39 is 146 Å². The predicted octanol–water partition coefficient (Wildman–Crippen LogP) is -0.719. The molecule has 66 heavy (non-hydrogen) atoms. The predicted molar refractivity (Wildman–Crippen MR) is 223 cm³/mol. The Hall–Kier alpha value is -4.95. The topological polar surface area (TPSA) is 329 Å². The van der Waals surface area contributed by atoms with E-state index in [1.165, 1.54) is 26.2 Å². The fraction of sp³-hybridized carbons (Fsp3) is 0.568. The number of allylic oxidation sites excluding steroid dienone is 2. The van der Waals surface area contributed by atoms with Crippen LogP contribution in [-0.2, 0) is 44.4 Å². The van der Waals surface area contributed by atoms with Crippen molar-refractivity contribution in [2.75, 3.05) is 26.9 Å². The van der Waals surface area contributed by atoms with Crippen LogP contribution in [-0.4, -0.2) is 171 Å². The summed E-state index contributed by atoms with van der Waals surface area (Å²) in [5, 5.41) is 96.3. The number of aliphatic hydroxyl groups excluding tert-OH is 8. The van der Waals surface area contributed by atoms with Crippen LogP contribution in [0.25, 0.3) is 22.3 Å². The fourth-order valence-electron chi connectivity index (χ4n) is 7.79. The summed E-state index contributed by atoms with van der Waals surface area (Å²) in [5.74, 6) is -4.03. The first-order valence-electron chi connectivity index (χ1n) is 21.0. The highest BCUT2D eigenvalue weighted by molar-refractivity contribution is 5.91. The first kappa shape index (κ1) is 50.5. The third-order valence-electron chi connectivity index (χ3n) is 11.4. The van der Waals surface area contributed by atoms with Crippen LogP contribution in [0.3, 0.4) is 0 Å². The van der Waals surface area contributed by atoms with Gasteiger partial charge in [0, 0.05) is 31.0 Å². The highest BCUT2D eigenvalue weighted by atomic mass is 16.7. The van der Waals surface area contributed by atoms with E-state index in [9.17, 15) is 60.3 Å². The number of methoxy groups -OCH3 is 1. The zero-order valence-electron chi connectivity index (χ0n) is 36.8. The number of rotatable bonds is 15. The van der Waals surface area contributed by atoms with Gasteiger partial charge in [-0.2, -0.15) is 0 Å². The SMILES string of the molecule is COc1ccc(-c2oc3c(CC=C(C)C)c(OC4OC(CO)C(O)C(O)C4O)cc(O)c3c(=O)c2OC2OC(C)C(OC(C)=O)C(COC3OC(COC(C)=O)C(O)C(O)C3O)C2O)cc1. The summed E-state index contributed by atoms with van der Waals surface area (Å²) in [4.78, 5) is 38.6. The molecule has 0 radical (unpaired) electrons. The van der Waals surface area contributed by atoms with Crippen molar-refractivity contribution in [3.8, 4) is 34.3 Å². The zero-order valence-corrected chi connectivity index (χ0v) is 36.8. The number of fused-ring (bicyclic) bond motifs is 1. The maximum atomic E-state index is 14.8. The normalized spacial score (nSPS) is 32.3. The van der Waals surface area contributed by atoms with Crippen molar-refractivity contribution in [3.63, 3.8) is 0 Å². The molecule has 0 aliphatic carbocycles. The first-order valence-corrected chi connectivity index (χ1v) is 21.0. The van der Waals surface area contributed by atoms with Crippen molar-refractivity contribution in [1.82, 2.24) is 0 Å².